The van der Waals surface area contributed by atoms with Gasteiger partial charge in [-0.15, -0.1) is 0 Å². The molecule has 2 aromatic rings. The molecule has 3 aliphatic rings. The number of piperidine rings is 3. The lowest BCUT2D eigenvalue weighted by Gasteiger charge is -2.44. The van der Waals surface area contributed by atoms with E-state index in [-0.39, 0.29) is 17.8 Å². The summed E-state index contributed by atoms with van der Waals surface area (Å²) in [5.41, 5.74) is 0. The molecule has 0 radical (unpaired) electrons. The Balaban J connectivity index is 1.41. The van der Waals surface area contributed by atoms with Gasteiger partial charge in [-0.1, -0.05) is 23.7 Å². The van der Waals surface area contributed by atoms with Gasteiger partial charge < -0.3 is 14.6 Å². The van der Waals surface area contributed by atoms with Crippen LogP contribution in [0.25, 0.3) is 0 Å². The van der Waals surface area contributed by atoms with Crippen LogP contribution in [0.1, 0.15) is 23.5 Å². The van der Waals surface area contributed by atoms with Crippen molar-refractivity contribution in [1.29, 1.82) is 0 Å². The number of halogens is 1. The Bertz CT molecular complexity index is 743. The molecule has 126 valence electrons. The third-order valence-electron chi connectivity index (χ3n) is 4.70. The topological polar surface area (TPSA) is 58.4 Å². The fourth-order valence-electron chi connectivity index (χ4n) is 3.41. The van der Waals surface area contributed by atoms with Crippen molar-refractivity contribution in [2.45, 2.75) is 28.9 Å². The molecule has 1 aromatic heterocycles. The van der Waals surface area contributed by atoms with Crippen LogP contribution in [-0.2, 0) is 0 Å². The number of oxazole rings is 1. The van der Waals surface area contributed by atoms with Crippen LogP contribution in [-0.4, -0.2) is 41.5 Å². The summed E-state index contributed by atoms with van der Waals surface area (Å²) in [6.07, 6.45) is 3.88. The number of rotatable bonds is 4. The highest BCUT2D eigenvalue weighted by molar-refractivity contribution is 7.99. The molecular formula is C17H18ClN3O2S. The zero-order valence-electron chi connectivity index (χ0n) is 13.1. The normalized spacial score (nSPS) is 25.6. The van der Waals surface area contributed by atoms with Crippen molar-refractivity contribution in [3.8, 4) is 0 Å². The Morgan fingerprint density at radius 2 is 2.12 bits per heavy atom. The Morgan fingerprint density at radius 1 is 1.33 bits per heavy atom. The molecule has 3 saturated heterocycles. The molecule has 2 bridgehead atoms. The minimum atomic E-state index is -0.236. The van der Waals surface area contributed by atoms with Crippen molar-refractivity contribution in [3.05, 3.63) is 41.4 Å². The second kappa shape index (κ2) is 6.78. The first-order valence-corrected chi connectivity index (χ1v) is 9.30. The van der Waals surface area contributed by atoms with Crippen LogP contribution in [0.15, 0.2) is 44.9 Å². The summed E-state index contributed by atoms with van der Waals surface area (Å²) in [6.45, 7) is 3.22. The van der Waals surface area contributed by atoms with Crippen molar-refractivity contribution < 1.29 is 9.21 Å². The van der Waals surface area contributed by atoms with E-state index in [9.17, 15) is 4.79 Å². The van der Waals surface area contributed by atoms with E-state index in [1.54, 1.807) is 6.20 Å². The first-order valence-electron chi connectivity index (χ1n) is 8.10. The molecule has 1 N–H and O–H groups in total. The average molecular weight is 364 g/mol. The number of nitrogens with zero attached hydrogens (tertiary/aromatic N) is 2. The van der Waals surface area contributed by atoms with Crippen molar-refractivity contribution in [1.82, 2.24) is 15.2 Å². The average Bonchev–Trinajstić information content (AvgIpc) is 3.07. The molecule has 1 aromatic carbocycles. The van der Waals surface area contributed by atoms with Gasteiger partial charge in [0.15, 0.2) is 5.09 Å². The third kappa shape index (κ3) is 3.31. The Hall–Kier alpha value is -1.50. The molecule has 0 aliphatic carbocycles. The maximum absolute atomic E-state index is 12.4. The van der Waals surface area contributed by atoms with E-state index in [1.807, 2.05) is 24.3 Å². The first-order chi connectivity index (χ1) is 11.7. The largest absolute Gasteiger partial charge is 0.425 e. The van der Waals surface area contributed by atoms with Gasteiger partial charge in [0.25, 0.3) is 5.89 Å². The molecule has 4 heterocycles. The SMILES string of the molecule is O=C(NC1CN2CCC1CC2)c1ncc(Sc2ccccc2Cl)o1. The zero-order valence-corrected chi connectivity index (χ0v) is 14.6. The van der Waals surface area contributed by atoms with E-state index < -0.39 is 0 Å². The van der Waals surface area contributed by atoms with Gasteiger partial charge >= 0.3 is 5.91 Å². The minimum absolute atomic E-state index is 0.112. The summed E-state index contributed by atoms with van der Waals surface area (Å²) in [4.78, 5) is 19.8. The van der Waals surface area contributed by atoms with Crippen LogP contribution in [0.5, 0.6) is 0 Å². The molecule has 0 saturated carbocycles. The maximum atomic E-state index is 12.4. The van der Waals surface area contributed by atoms with Crippen LogP contribution in [0.3, 0.4) is 0 Å². The molecule has 3 fully saturated rings. The van der Waals surface area contributed by atoms with Gasteiger partial charge in [-0.3, -0.25) is 4.79 Å². The molecule has 5 rings (SSSR count). The van der Waals surface area contributed by atoms with Crippen LogP contribution in [0.2, 0.25) is 5.02 Å². The molecule has 24 heavy (non-hydrogen) atoms. The number of nitrogens with one attached hydrogen (secondary N) is 1. The molecule has 3 aliphatic heterocycles. The summed E-state index contributed by atoms with van der Waals surface area (Å²) in [5, 5.41) is 4.29. The Kier molecular flexibility index (Phi) is 4.52. The number of carbonyl (C=O) groups excluding carboxylic acids is 1. The monoisotopic (exact) mass is 363 g/mol. The van der Waals surface area contributed by atoms with Gasteiger partial charge in [0.1, 0.15) is 0 Å². The Labute approximate surface area is 149 Å². The van der Waals surface area contributed by atoms with Gasteiger partial charge in [-0.05, 0) is 55.7 Å². The number of benzene rings is 1. The molecule has 1 unspecified atom stereocenters. The van der Waals surface area contributed by atoms with E-state index in [4.69, 9.17) is 16.0 Å². The van der Waals surface area contributed by atoms with Crippen LogP contribution in [0, 0.1) is 5.92 Å². The zero-order chi connectivity index (χ0) is 16.5. The van der Waals surface area contributed by atoms with Crippen LogP contribution < -0.4 is 5.32 Å². The fraction of sp³-hybridized carbons (Fsp3) is 0.412. The van der Waals surface area contributed by atoms with Crippen molar-refractivity contribution in [2.75, 3.05) is 19.6 Å². The van der Waals surface area contributed by atoms with Gasteiger partial charge in [-0.2, -0.15) is 0 Å². The molecule has 0 spiro atoms. The second-order valence-electron chi connectivity index (χ2n) is 6.23. The minimum Gasteiger partial charge on any atom is -0.425 e. The lowest BCUT2D eigenvalue weighted by molar-refractivity contribution is 0.0599. The number of aromatic nitrogens is 1. The second-order valence-corrected chi connectivity index (χ2v) is 7.69. The maximum Gasteiger partial charge on any atom is 0.307 e. The van der Waals surface area contributed by atoms with E-state index in [1.165, 1.54) is 11.8 Å². The summed E-state index contributed by atoms with van der Waals surface area (Å²) in [6, 6.07) is 7.71. The van der Waals surface area contributed by atoms with Gasteiger partial charge in [0.05, 0.1) is 11.2 Å². The first kappa shape index (κ1) is 16.0. The highest BCUT2D eigenvalue weighted by atomic mass is 35.5. The number of fused-ring (bicyclic) bond motifs is 3. The number of hydrogen-bond donors (Lipinski definition) is 1. The van der Waals surface area contributed by atoms with E-state index in [0.29, 0.717) is 16.0 Å². The van der Waals surface area contributed by atoms with Crippen molar-refractivity contribution in [2.24, 2.45) is 5.92 Å². The quantitative estimate of drug-likeness (QED) is 0.903. The highest BCUT2D eigenvalue weighted by Crippen LogP contribution is 2.33. The molecule has 5 nitrogen and oxygen atoms in total. The molecule has 7 heteroatoms. The smallest absolute Gasteiger partial charge is 0.307 e. The van der Waals surface area contributed by atoms with Crippen molar-refractivity contribution >= 4 is 29.3 Å². The number of hydrogen-bond acceptors (Lipinski definition) is 5. The highest BCUT2D eigenvalue weighted by Gasteiger charge is 2.35. The van der Waals surface area contributed by atoms with E-state index in [2.05, 4.69) is 15.2 Å². The standard InChI is InChI=1S/C17H18ClN3O2S/c18-12-3-1-2-4-14(12)24-15-9-19-17(23-15)16(22)20-13-10-21-7-5-11(13)6-8-21/h1-4,9,11,13H,5-8,10H2,(H,20,22). The lowest BCUT2D eigenvalue weighted by Crippen LogP contribution is -2.57. The number of amides is 1. The summed E-state index contributed by atoms with van der Waals surface area (Å²) in [7, 11) is 0. The predicted octanol–water partition coefficient (Wildman–Crippen LogP) is 3.30. The van der Waals surface area contributed by atoms with Crippen LogP contribution in [0.4, 0.5) is 0 Å². The van der Waals surface area contributed by atoms with Gasteiger partial charge in [-0.25, -0.2) is 4.98 Å². The molecule has 1 amide bonds. The Morgan fingerprint density at radius 3 is 2.83 bits per heavy atom. The van der Waals surface area contributed by atoms with Gasteiger partial charge in [0.2, 0.25) is 0 Å². The summed E-state index contributed by atoms with van der Waals surface area (Å²) in [5.74, 6) is 0.451. The third-order valence-corrected chi connectivity index (χ3v) is 6.11. The summed E-state index contributed by atoms with van der Waals surface area (Å²) < 4.78 is 5.59. The van der Waals surface area contributed by atoms with E-state index in [0.717, 1.165) is 37.4 Å². The fourth-order valence-corrected chi connectivity index (χ4v) is 4.41. The molecular weight excluding hydrogens is 346 g/mol. The van der Waals surface area contributed by atoms with Crippen molar-refractivity contribution in [3.63, 3.8) is 0 Å². The lowest BCUT2D eigenvalue weighted by atomic mass is 9.84. The van der Waals surface area contributed by atoms with Gasteiger partial charge in [0, 0.05) is 17.5 Å². The number of carbonyl (C=O) groups is 1. The van der Waals surface area contributed by atoms with Crippen LogP contribution >= 0.6 is 23.4 Å². The summed E-state index contributed by atoms with van der Waals surface area (Å²) >= 11 is 7.50. The molecule has 1 atom stereocenters. The van der Waals surface area contributed by atoms with E-state index >= 15 is 0 Å². The predicted molar refractivity (Wildman–Crippen MR) is 92.5 cm³/mol.